The number of hydrogen-bond acceptors (Lipinski definition) is 5. The number of carbonyl (C=O) groups excluding carboxylic acids is 2. The summed E-state index contributed by atoms with van der Waals surface area (Å²) in [5.41, 5.74) is -1.61. The summed E-state index contributed by atoms with van der Waals surface area (Å²) in [5.74, 6) is -2.87. The topological polar surface area (TPSA) is 77.5 Å². The van der Waals surface area contributed by atoms with Crippen molar-refractivity contribution in [3.63, 3.8) is 0 Å². The Morgan fingerprint density at radius 2 is 1.90 bits per heavy atom. The second-order valence-electron chi connectivity index (χ2n) is 7.74. The summed E-state index contributed by atoms with van der Waals surface area (Å²) in [6.45, 7) is 4.80. The molecule has 1 aromatic heterocycles. The van der Waals surface area contributed by atoms with Crippen LogP contribution < -0.4 is 10.1 Å². The maximum absolute atomic E-state index is 13.5. The van der Waals surface area contributed by atoms with E-state index in [9.17, 15) is 27.2 Å². The Kier molecular flexibility index (Phi) is 5.88. The van der Waals surface area contributed by atoms with Gasteiger partial charge in [0.25, 0.3) is 5.78 Å². The summed E-state index contributed by atoms with van der Waals surface area (Å²) < 4.78 is 63.4. The van der Waals surface area contributed by atoms with Crippen LogP contribution in [0.25, 0.3) is 11.3 Å². The van der Waals surface area contributed by atoms with Gasteiger partial charge < -0.3 is 14.8 Å². The highest BCUT2D eigenvalue weighted by atomic mass is 35.5. The normalized spacial score (nSPS) is 15.8. The first-order valence-electron chi connectivity index (χ1n) is 9.00. The van der Waals surface area contributed by atoms with Gasteiger partial charge in [-0.2, -0.15) is 13.2 Å². The van der Waals surface area contributed by atoms with Gasteiger partial charge in [0, 0.05) is 11.1 Å². The first-order chi connectivity index (χ1) is 14.3. The number of hydrogen-bond donors (Lipinski definition) is 1. The average molecular weight is 461 g/mol. The lowest BCUT2D eigenvalue weighted by Gasteiger charge is -2.21. The third kappa shape index (κ3) is 5.07. The van der Waals surface area contributed by atoms with E-state index in [1.807, 2.05) is 0 Å². The summed E-state index contributed by atoms with van der Waals surface area (Å²) in [5, 5.41) is 2.21. The Bertz CT molecular complexity index is 1050. The molecule has 0 radical (unpaired) electrons. The van der Waals surface area contributed by atoms with Crippen LogP contribution >= 0.6 is 11.6 Å². The van der Waals surface area contributed by atoms with Crippen molar-refractivity contribution < 1.29 is 36.6 Å². The summed E-state index contributed by atoms with van der Waals surface area (Å²) in [6.07, 6.45) is -5.99. The van der Waals surface area contributed by atoms with Crippen molar-refractivity contribution in [1.29, 1.82) is 0 Å². The van der Waals surface area contributed by atoms with Crippen molar-refractivity contribution in [2.75, 3.05) is 6.61 Å². The van der Waals surface area contributed by atoms with E-state index < -0.39 is 41.2 Å². The van der Waals surface area contributed by atoms with Crippen LogP contribution in [-0.2, 0) is 4.74 Å². The number of ketones is 1. The van der Waals surface area contributed by atoms with E-state index in [4.69, 9.17) is 21.1 Å². The molecule has 0 fully saturated rings. The summed E-state index contributed by atoms with van der Waals surface area (Å²) in [6, 6.07) is 3.41. The van der Waals surface area contributed by atoms with Gasteiger partial charge in [0.1, 0.15) is 29.4 Å². The Labute approximate surface area is 179 Å². The monoisotopic (exact) mass is 460 g/mol. The summed E-state index contributed by atoms with van der Waals surface area (Å²) in [4.78, 5) is 27.8. The molecule has 0 saturated heterocycles. The van der Waals surface area contributed by atoms with E-state index >= 15 is 0 Å². The van der Waals surface area contributed by atoms with E-state index in [2.05, 4.69) is 10.3 Å². The zero-order chi connectivity index (χ0) is 23.1. The van der Waals surface area contributed by atoms with Crippen molar-refractivity contribution in [2.45, 2.75) is 38.6 Å². The molecule has 0 bridgehead atoms. The SMILES string of the molecule is CC(C)(C)OC(=O)NC1COc2c1cc(C(=O)C(F)(F)F)nc2-c1ccc(F)c(Cl)c1. The Balaban J connectivity index is 2.09. The van der Waals surface area contributed by atoms with Crippen LogP contribution in [0.4, 0.5) is 22.4 Å². The smallest absolute Gasteiger partial charge is 0.456 e. The number of Topliss-reactive ketones (excluding diaryl/α,β-unsaturated/α-hetero) is 1. The van der Waals surface area contributed by atoms with Gasteiger partial charge in [-0.1, -0.05) is 11.6 Å². The summed E-state index contributed by atoms with van der Waals surface area (Å²) in [7, 11) is 0. The van der Waals surface area contributed by atoms with Crippen LogP contribution in [0.2, 0.25) is 5.02 Å². The number of rotatable bonds is 3. The van der Waals surface area contributed by atoms with Crippen molar-refractivity contribution in [2.24, 2.45) is 0 Å². The van der Waals surface area contributed by atoms with E-state index in [0.29, 0.717) is 0 Å². The molecule has 1 N–H and O–H groups in total. The van der Waals surface area contributed by atoms with Gasteiger partial charge in [-0.3, -0.25) is 4.79 Å². The predicted molar refractivity (Wildman–Crippen MR) is 103 cm³/mol. The Hall–Kier alpha value is -2.88. The van der Waals surface area contributed by atoms with Crippen molar-refractivity contribution in [3.8, 4) is 17.0 Å². The largest absolute Gasteiger partial charge is 0.488 e. The maximum Gasteiger partial charge on any atom is 0.456 e. The number of pyridine rings is 1. The first-order valence-corrected chi connectivity index (χ1v) is 9.38. The highest BCUT2D eigenvalue weighted by Gasteiger charge is 2.42. The lowest BCUT2D eigenvalue weighted by molar-refractivity contribution is -0.0888. The van der Waals surface area contributed by atoms with Gasteiger partial charge in [-0.15, -0.1) is 0 Å². The fourth-order valence-corrected chi connectivity index (χ4v) is 3.07. The number of ether oxygens (including phenoxy) is 2. The molecule has 1 aromatic carbocycles. The third-order valence-corrected chi connectivity index (χ3v) is 4.44. The molecule has 1 aliphatic rings. The van der Waals surface area contributed by atoms with E-state index in [1.54, 1.807) is 20.8 Å². The molecule has 6 nitrogen and oxygen atoms in total. The fraction of sp³-hybridized carbons (Fsp3) is 0.350. The van der Waals surface area contributed by atoms with Gasteiger partial charge in [-0.05, 0) is 45.0 Å². The molecule has 2 heterocycles. The second kappa shape index (κ2) is 7.99. The van der Waals surface area contributed by atoms with Gasteiger partial charge in [0.15, 0.2) is 5.75 Å². The standard InChI is InChI=1S/C20H17ClF4N2O4/c1-19(2,3)31-18(29)27-14-8-30-16-10(14)7-13(17(28)20(23,24)25)26-15(16)9-4-5-12(22)11(21)6-9/h4-7,14H,8H2,1-3H3,(H,27,29). The number of fused-ring (bicyclic) bond motifs is 1. The lowest BCUT2D eigenvalue weighted by Crippen LogP contribution is -2.35. The van der Waals surface area contributed by atoms with E-state index in [-0.39, 0.29) is 34.2 Å². The van der Waals surface area contributed by atoms with Gasteiger partial charge in [-0.25, -0.2) is 14.2 Å². The van der Waals surface area contributed by atoms with Crippen LogP contribution in [0, 0.1) is 5.82 Å². The zero-order valence-corrected chi connectivity index (χ0v) is 17.3. The quantitative estimate of drug-likeness (QED) is 0.500. The first kappa shape index (κ1) is 22.8. The molecule has 0 aliphatic carbocycles. The second-order valence-corrected chi connectivity index (χ2v) is 8.15. The van der Waals surface area contributed by atoms with Crippen LogP contribution in [-0.4, -0.2) is 35.2 Å². The molecule has 1 amide bonds. The number of halogens is 5. The van der Waals surface area contributed by atoms with E-state index in [0.717, 1.165) is 18.2 Å². The van der Waals surface area contributed by atoms with Crippen molar-refractivity contribution in [3.05, 3.63) is 46.4 Å². The maximum atomic E-state index is 13.5. The van der Waals surface area contributed by atoms with Crippen LogP contribution in [0.3, 0.4) is 0 Å². The van der Waals surface area contributed by atoms with Crippen molar-refractivity contribution in [1.82, 2.24) is 10.3 Å². The minimum Gasteiger partial charge on any atom is -0.488 e. The Morgan fingerprint density at radius 3 is 2.48 bits per heavy atom. The number of alkyl halides is 3. The molecular weight excluding hydrogens is 444 g/mol. The molecule has 0 saturated carbocycles. The number of nitrogens with zero attached hydrogens (tertiary/aromatic N) is 1. The van der Waals surface area contributed by atoms with Crippen molar-refractivity contribution >= 4 is 23.5 Å². The number of benzene rings is 1. The van der Waals surface area contributed by atoms with Crippen LogP contribution in [0.1, 0.15) is 42.9 Å². The average Bonchev–Trinajstić information content (AvgIpc) is 3.03. The molecule has 1 aliphatic heterocycles. The van der Waals surface area contributed by atoms with Crippen LogP contribution in [0.5, 0.6) is 5.75 Å². The zero-order valence-electron chi connectivity index (χ0n) is 16.6. The minimum atomic E-state index is -5.17. The van der Waals surface area contributed by atoms with Crippen LogP contribution in [0.15, 0.2) is 24.3 Å². The molecule has 0 spiro atoms. The Morgan fingerprint density at radius 1 is 1.23 bits per heavy atom. The number of carbonyl (C=O) groups is 2. The van der Waals surface area contributed by atoms with Gasteiger partial charge in [0.2, 0.25) is 0 Å². The number of alkyl carbamates (subject to hydrolysis) is 1. The molecule has 3 rings (SSSR count). The molecule has 11 heteroatoms. The van der Waals surface area contributed by atoms with Gasteiger partial charge in [0.05, 0.1) is 11.1 Å². The predicted octanol–water partition coefficient (Wildman–Crippen LogP) is 5.24. The number of aromatic nitrogens is 1. The summed E-state index contributed by atoms with van der Waals surface area (Å²) >= 11 is 5.78. The molecular formula is C20H17ClF4N2O4. The molecule has 1 unspecified atom stereocenters. The highest BCUT2D eigenvalue weighted by Crippen LogP contribution is 2.41. The molecule has 2 aromatic rings. The molecule has 1 atom stereocenters. The highest BCUT2D eigenvalue weighted by molar-refractivity contribution is 6.31. The lowest BCUT2D eigenvalue weighted by atomic mass is 10.0. The number of nitrogens with one attached hydrogen (secondary N) is 1. The van der Waals surface area contributed by atoms with Gasteiger partial charge >= 0.3 is 12.3 Å². The fourth-order valence-electron chi connectivity index (χ4n) is 2.89. The number of amides is 1. The molecule has 31 heavy (non-hydrogen) atoms. The third-order valence-electron chi connectivity index (χ3n) is 4.15. The minimum absolute atomic E-state index is 0.0439. The molecule has 166 valence electrons. The van der Waals surface area contributed by atoms with E-state index in [1.165, 1.54) is 6.07 Å².